The summed E-state index contributed by atoms with van der Waals surface area (Å²) in [6.45, 7) is 5.69. The molecule has 152 valence electrons. The molecule has 3 heterocycles. The van der Waals surface area contributed by atoms with Gasteiger partial charge < -0.3 is 9.64 Å². The molecule has 4 rings (SSSR count). The summed E-state index contributed by atoms with van der Waals surface area (Å²) < 4.78 is 34.6. The zero-order chi connectivity index (χ0) is 19.9. The standard InChI is InChI=1S/C18H25N5O4S/c1-13-11-23(12-14(2)27-13)28(25,26)22-9-7-21(8-10-22)18(24)17-15-5-3-4-6-16(15)19-20-17/h3-6,13-14H,7-12H2,1-2H3,(H,19,20). The SMILES string of the molecule is CC1CN(S(=O)(=O)N2CCN(C(=O)c3n[nH]c4ccccc34)CC2)CC(C)O1. The van der Waals surface area contributed by atoms with Crippen molar-refractivity contribution in [3.8, 4) is 0 Å². The van der Waals surface area contributed by atoms with Gasteiger partial charge in [0.1, 0.15) is 0 Å². The van der Waals surface area contributed by atoms with Crippen LogP contribution in [0.1, 0.15) is 24.3 Å². The minimum Gasteiger partial charge on any atom is -0.373 e. The number of para-hydroxylation sites is 1. The Morgan fingerprint density at radius 1 is 1.07 bits per heavy atom. The van der Waals surface area contributed by atoms with Crippen LogP contribution in [0.5, 0.6) is 0 Å². The maximum absolute atomic E-state index is 13.0. The van der Waals surface area contributed by atoms with Crippen molar-refractivity contribution in [2.75, 3.05) is 39.3 Å². The Bertz CT molecular complexity index is 957. The van der Waals surface area contributed by atoms with Crippen LogP contribution in [0.15, 0.2) is 24.3 Å². The second kappa shape index (κ2) is 7.43. The van der Waals surface area contributed by atoms with E-state index in [-0.39, 0.29) is 31.2 Å². The van der Waals surface area contributed by atoms with Gasteiger partial charge in [0, 0.05) is 44.7 Å². The number of ether oxygens (including phenoxy) is 1. The number of fused-ring (bicyclic) bond motifs is 1. The number of aromatic amines is 1. The average Bonchev–Trinajstić information content (AvgIpc) is 3.11. The van der Waals surface area contributed by atoms with Crippen LogP contribution in [0.2, 0.25) is 0 Å². The summed E-state index contributed by atoms with van der Waals surface area (Å²) in [7, 11) is -3.56. The first-order chi connectivity index (χ1) is 13.4. The van der Waals surface area contributed by atoms with Crippen LogP contribution in [0, 0.1) is 0 Å². The minimum absolute atomic E-state index is 0.130. The third kappa shape index (κ3) is 3.52. The number of benzene rings is 1. The van der Waals surface area contributed by atoms with Gasteiger partial charge in [-0.3, -0.25) is 9.89 Å². The van der Waals surface area contributed by atoms with Gasteiger partial charge in [0.05, 0.1) is 17.7 Å². The van der Waals surface area contributed by atoms with Crippen LogP contribution in [-0.4, -0.2) is 89.5 Å². The van der Waals surface area contributed by atoms with Crippen molar-refractivity contribution in [2.24, 2.45) is 0 Å². The summed E-state index contributed by atoms with van der Waals surface area (Å²) in [6.07, 6.45) is -0.260. The minimum atomic E-state index is -3.56. The summed E-state index contributed by atoms with van der Waals surface area (Å²) >= 11 is 0. The third-order valence-electron chi connectivity index (χ3n) is 5.24. The highest BCUT2D eigenvalue weighted by Crippen LogP contribution is 2.21. The Morgan fingerprint density at radius 2 is 1.71 bits per heavy atom. The molecule has 2 aliphatic heterocycles. The van der Waals surface area contributed by atoms with E-state index in [0.717, 1.165) is 10.9 Å². The first-order valence-corrected chi connectivity index (χ1v) is 10.9. The molecule has 2 aromatic rings. The van der Waals surface area contributed by atoms with Gasteiger partial charge in [-0.05, 0) is 19.9 Å². The van der Waals surface area contributed by atoms with Gasteiger partial charge in [-0.2, -0.15) is 22.1 Å². The second-order valence-corrected chi connectivity index (χ2v) is 9.32. The van der Waals surface area contributed by atoms with E-state index < -0.39 is 10.2 Å². The number of nitrogens with one attached hydrogen (secondary N) is 1. The lowest BCUT2D eigenvalue weighted by atomic mass is 10.2. The van der Waals surface area contributed by atoms with Crippen LogP contribution in [0.25, 0.3) is 10.9 Å². The molecule has 2 aliphatic rings. The highest BCUT2D eigenvalue weighted by Gasteiger charge is 2.37. The van der Waals surface area contributed by atoms with Crippen LogP contribution >= 0.6 is 0 Å². The summed E-state index contributed by atoms with van der Waals surface area (Å²) in [5.74, 6) is -0.178. The predicted molar refractivity (Wildman–Crippen MR) is 104 cm³/mol. The Hall–Kier alpha value is -2.01. The van der Waals surface area contributed by atoms with E-state index >= 15 is 0 Å². The third-order valence-corrected chi connectivity index (χ3v) is 7.21. The van der Waals surface area contributed by atoms with E-state index in [1.807, 2.05) is 38.1 Å². The number of aromatic nitrogens is 2. The van der Waals surface area contributed by atoms with Gasteiger partial charge in [0.25, 0.3) is 16.1 Å². The molecule has 1 aromatic carbocycles. The summed E-state index contributed by atoms with van der Waals surface area (Å²) in [5.41, 5.74) is 1.19. The van der Waals surface area contributed by atoms with Gasteiger partial charge in [0.2, 0.25) is 0 Å². The maximum Gasteiger partial charge on any atom is 0.282 e. The van der Waals surface area contributed by atoms with E-state index in [0.29, 0.717) is 31.9 Å². The van der Waals surface area contributed by atoms with Crippen molar-refractivity contribution in [3.63, 3.8) is 0 Å². The molecule has 0 bridgehead atoms. The molecule has 1 N–H and O–H groups in total. The lowest BCUT2D eigenvalue weighted by Crippen LogP contribution is -2.57. The van der Waals surface area contributed by atoms with Crippen molar-refractivity contribution in [1.82, 2.24) is 23.7 Å². The number of piperazine rings is 1. The Morgan fingerprint density at radius 3 is 2.39 bits per heavy atom. The number of rotatable bonds is 3. The van der Waals surface area contributed by atoms with E-state index in [4.69, 9.17) is 4.74 Å². The van der Waals surface area contributed by atoms with Gasteiger partial charge in [0.15, 0.2) is 5.69 Å². The van der Waals surface area contributed by atoms with Gasteiger partial charge in [-0.1, -0.05) is 18.2 Å². The normalized spacial score (nSPS) is 25.3. The van der Waals surface area contributed by atoms with Crippen LogP contribution in [-0.2, 0) is 14.9 Å². The smallest absolute Gasteiger partial charge is 0.282 e. The lowest BCUT2D eigenvalue weighted by molar-refractivity contribution is -0.0457. The monoisotopic (exact) mass is 407 g/mol. The molecule has 0 spiro atoms. The highest BCUT2D eigenvalue weighted by atomic mass is 32.2. The summed E-state index contributed by atoms with van der Waals surface area (Å²) in [5, 5.41) is 7.80. The lowest BCUT2D eigenvalue weighted by Gasteiger charge is -2.40. The number of carbonyl (C=O) groups excluding carboxylic acids is 1. The number of carbonyl (C=O) groups is 1. The van der Waals surface area contributed by atoms with E-state index in [9.17, 15) is 13.2 Å². The zero-order valence-electron chi connectivity index (χ0n) is 16.0. The molecule has 2 saturated heterocycles. The average molecular weight is 407 g/mol. The molecule has 28 heavy (non-hydrogen) atoms. The van der Waals surface area contributed by atoms with Crippen molar-refractivity contribution >= 4 is 27.0 Å². The Balaban J connectivity index is 1.43. The molecule has 1 aromatic heterocycles. The molecule has 2 atom stereocenters. The zero-order valence-corrected chi connectivity index (χ0v) is 16.9. The molecule has 1 amide bonds. The van der Waals surface area contributed by atoms with Crippen LogP contribution in [0.4, 0.5) is 0 Å². The van der Waals surface area contributed by atoms with Crippen molar-refractivity contribution in [1.29, 1.82) is 0 Å². The highest BCUT2D eigenvalue weighted by molar-refractivity contribution is 7.86. The number of H-pyrrole nitrogens is 1. The van der Waals surface area contributed by atoms with Crippen molar-refractivity contribution in [3.05, 3.63) is 30.0 Å². The molecule has 9 nitrogen and oxygen atoms in total. The van der Waals surface area contributed by atoms with Crippen LogP contribution in [0.3, 0.4) is 0 Å². The molecule has 0 radical (unpaired) electrons. The largest absolute Gasteiger partial charge is 0.373 e. The summed E-state index contributed by atoms with van der Waals surface area (Å²) in [4.78, 5) is 14.5. The number of hydrogen-bond donors (Lipinski definition) is 1. The molecule has 0 saturated carbocycles. The number of amides is 1. The number of morpholine rings is 1. The number of nitrogens with zero attached hydrogens (tertiary/aromatic N) is 4. The van der Waals surface area contributed by atoms with Gasteiger partial charge in [-0.15, -0.1) is 0 Å². The summed E-state index contributed by atoms with van der Waals surface area (Å²) in [6, 6.07) is 7.47. The fourth-order valence-electron chi connectivity index (χ4n) is 3.88. The van der Waals surface area contributed by atoms with Gasteiger partial charge in [-0.25, -0.2) is 0 Å². The fraction of sp³-hybridized carbons (Fsp3) is 0.556. The molecule has 10 heteroatoms. The molecule has 0 aliphatic carbocycles. The fourth-order valence-corrected chi connectivity index (χ4v) is 5.63. The molecule has 2 unspecified atom stereocenters. The second-order valence-electron chi connectivity index (χ2n) is 7.39. The predicted octanol–water partition coefficient (Wildman–Crippen LogP) is 0.675. The molecule has 2 fully saturated rings. The van der Waals surface area contributed by atoms with E-state index in [1.54, 1.807) is 4.90 Å². The molecular weight excluding hydrogens is 382 g/mol. The first-order valence-electron chi connectivity index (χ1n) is 9.49. The maximum atomic E-state index is 13.0. The topological polar surface area (TPSA) is 98.8 Å². The van der Waals surface area contributed by atoms with Crippen LogP contribution < -0.4 is 0 Å². The quantitative estimate of drug-likeness (QED) is 0.807. The first kappa shape index (κ1) is 19.3. The van der Waals surface area contributed by atoms with Gasteiger partial charge >= 0.3 is 0 Å². The Kier molecular flexibility index (Phi) is 5.13. The van der Waals surface area contributed by atoms with Crippen molar-refractivity contribution in [2.45, 2.75) is 26.1 Å². The van der Waals surface area contributed by atoms with Crippen molar-refractivity contribution < 1.29 is 17.9 Å². The number of hydrogen-bond acceptors (Lipinski definition) is 5. The van der Waals surface area contributed by atoms with E-state index in [1.165, 1.54) is 8.61 Å². The van der Waals surface area contributed by atoms with E-state index in [2.05, 4.69) is 10.2 Å². The Labute approximate surface area is 164 Å². The molecular formula is C18H25N5O4S.